The molecule has 0 aromatic heterocycles. The van der Waals surface area contributed by atoms with Gasteiger partial charge in [0.05, 0.1) is 17.3 Å². The van der Waals surface area contributed by atoms with Crippen molar-refractivity contribution >= 4 is 23.2 Å². The Morgan fingerprint density at radius 2 is 1.88 bits per heavy atom. The number of carbonyl (C=O) groups is 1. The molecule has 1 amide bonds. The number of nitrogens with one attached hydrogen (secondary N) is 2. The number of aryl methyl sites for hydroxylation is 2. The number of hydrogen-bond donors (Lipinski definition) is 2. The Kier molecular flexibility index (Phi) is 6.33. The van der Waals surface area contributed by atoms with E-state index < -0.39 is 0 Å². The summed E-state index contributed by atoms with van der Waals surface area (Å²) in [6.07, 6.45) is 4.93. The predicted molar refractivity (Wildman–Crippen MR) is 103 cm³/mol. The lowest BCUT2D eigenvalue weighted by molar-refractivity contribution is -0.115. The van der Waals surface area contributed by atoms with Crippen LogP contribution in [0.5, 0.6) is 0 Å². The Labute approximate surface area is 151 Å². The molecule has 1 aliphatic rings. The lowest BCUT2D eigenvalue weighted by atomic mass is 9.69. The molecule has 4 heteroatoms. The van der Waals surface area contributed by atoms with E-state index in [0.717, 1.165) is 23.2 Å². The summed E-state index contributed by atoms with van der Waals surface area (Å²) in [6, 6.07) is 4.33. The number of amides is 1. The molecule has 2 N–H and O–H groups in total. The van der Waals surface area contributed by atoms with E-state index in [1.54, 1.807) is 0 Å². The average Bonchev–Trinajstić information content (AvgIpc) is 2.48. The highest BCUT2D eigenvalue weighted by molar-refractivity contribution is 6.34. The van der Waals surface area contributed by atoms with Gasteiger partial charge in [0, 0.05) is 6.04 Å². The third-order valence-corrected chi connectivity index (χ3v) is 5.40. The highest BCUT2D eigenvalue weighted by Gasteiger charge is 2.33. The summed E-state index contributed by atoms with van der Waals surface area (Å²) >= 11 is 6.28. The van der Waals surface area contributed by atoms with Crippen molar-refractivity contribution in [3.63, 3.8) is 0 Å². The largest absolute Gasteiger partial charge is 0.323 e. The van der Waals surface area contributed by atoms with Crippen LogP contribution in [-0.4, -0.2) is 18.5 Å². The summed E-state index contributed by atoms with van der Waals surface area (Å²) < 4.78 is 0. The van der Waals surface area contributed by atoms with Crippen molar-refractivity contribution in [1.82, 2.24) is 5.32 Å². The molecule has 0 heterocycles. The molecule has 2 unspecified atom stereocenters. The molecule has 1 aromatic carbocycles. The van der Waals surface area contributed by atoms with Crippen molar-refractivity contribution < 1.29 is 4.79 Å². The summed E-state index contributed by atoms with van der Waals surface area (Å²) in [6.45, 7) is 11.2. The number of halogens is 1. The second-order valence-corrected chi connectivity index (χ2v) is 8.64. The molecular formula is C20H31ClN2O. The van der Waals surface area contributed by atoms with Crippen molar-refractivity contribution in [1.29, 1.82) is 0 Å². The third kappa shape index (κ3) is 4.97. The fraction of sp³-hybridized carbons (Fsp3) is 0.650. The van der Waals surface area contributed by atoms with Crippen molar-refractivity contribution in [2.24, 2.45) is 11.3 Å². The van der Waals surface area contributed by atoms with Crippen LogP contribution < -0.4 is 10.6 Å². The Balaban J connectivity index is 1.95. The smallest absolute Gasteiger partial charge is 0.238 e. The van der Waals surface area contributed by atoms with Crippen molar-refractivity contribution in [2.75, 3.05) is 11.9 Å². The van der Waals surface area contributed by atoms with Gasteiger partial charge in [-0.1, -0.05) is 51.3 Å². The number of benzene rings is 1. The molecule has 24 heavy (non-hydrogen) atoms. The minimum absolute atomic E-state index is 0.0258. The Morgan fingerprint density at radius 3 is 2.50 bits per heavy atom. The first-order chi connectivity index (χ1) is 11.2. The van der Waals surface area contributed by atoms with Gasteiger partial charge in [-0.05, 0) is 55.2 Å². The molecule has 0 saturated heterocycles. The van der Waals surface area contributed by atoms with E-state index in [2.05, 4.69) is 31.4 Å². The highest BCUT2D eigenvalue weighted by atomic mass is 35.5. The summed E-state index contributed by atoms with van der Waals surface area (Å²) in [5.41, 5.74) is 3.10. The zero-order valence-electron chi connectivity index (χ0n) is 15.6. The van der Waals surface area contributed by atoms with Crippen LogP contribution in [-0.2, 0) is 4.79 Å². The number of anilines is 1. The fourth-order valence-electron chi connectivity index (χ4n) is 3.89. The zero-order chi connectivity index (χ0) is 17.9. The first-order valence-corrected chi connectivity index (χ1v) is 9.36. The predicted octanol–water partition coefficient (Wildman–Crippen LogP) is 5.09. The van der Waals surface area contributed by atoms with Crippen LogP contribution in [0.25, 0.3) is 0 Å². The molecule has 2 rings (SSSR count). The molecular weight excluding hydrogens is 320 g/mol. The van der Waals surface area contributed by atoms with Gasteiger partial charge in [-0.3, -0.25) is 4.79 Å². The van der Waals surface area contributed by atoms with Crippen LogP contribution in [0.4, 0.5) is 5.69 Å². The normalized spacial score (nSPS) is 21.6. The van der Waals surface area contributed by atoms with Crippen molar-refractivity contribution in [3.8, 4) is 0 Å². The second kappa shape index (κ2) is 7.88. The zero-order valence-corrected chi connectivity index (χ0v) is 16.4. The van der Waals surface area contributed by atoms with Crippen LogP contribution in [0.15, 0.2) is 12.1 Å². The Morgan fingerprint density at radius 1 is 1.21 bits per heavy atom. The first-order valence-electron chi connectivity index (χ1n) is 8.98. The molecule has 0 aliphatic heterocycles. The fourth-order valence-corrected chi connectivity index (χ4v) is 4.26. The average molecular weight is 351 g/mol. The maximum atomic E-state index is 12.4. The van der Waals surface area contributed by atoms with Gasteiger partial charge in [-0.25, -0.2) is 0 Å². The molecule has 0 radical (unpaired) electrons. The van der Waals surface area contributed by atoms with E-state index in [9.17, 15) is 4.79 Å². The van der Waals surface area contributed by atoms with Gasteiger partial charge in [0.15, 0.2) is 0 Å². The topological polar surface area (TPSA) is 41.1 Å². The van der Waals surface area contributed by atoms with Gasteiger partial charge in [0.2, 0.25) is 5.91 Å². The van der Waals surface area contributed by atoms with E-state index in [-0.39, 0.29) is 11.3 Å². The second-order valence-electron chi connectivity index (χ2n) is 8.23. The van der Waals surface area contributed by atoms with Crippen LogP contribution >= 0.6 is 11.6 Å². The minimum atomic E-state index is -0.0258. The van der Waals surface area contributed by atoms with Gasteiger partial charge in [0.1, 0.15) is 0 Å². The van der Waals surface area contributed by atoms with Crippen LogP contribution in [0.2, 0.25) is 5.02 Å². The number of hydrogen-bond acceptors (Lipinski definition) is 2. The molecule has 3 nitrogen and oxygen atoms in total. The molecule has 1 saturated carbocycles. The third-order valence-electron chi connectivity index (χ3n) is 5.10. The quantitative estimate of drug-likeness (QED) is 0.794. The minimum Gasteiger partial charge on any atom is -0.323 e. The summed E-state index contributed by atoms with van der Waals surface area (Å²) in [5.74, 6) is 0.589. The van der Waals surface area contributed by atoms with E-state index in [4.69, 9.17) is 11.6 Å². The highest BCUT2D eigenvalue weighted by Crippen LogP contribution is 2.38. The molecule has 0 spiro atoms. The van der Waals surface area contributed by atoms with Crippen LogP contribution in [0.3, 0.4) is 0 Å². The maximum absolute atomic E-state index is 12.4. The molecule has 134 valence electrons. The van der Waals surface area contributed by atoms with Crippen LogP contribution in [0, 0.1) is 25.2 Å². The lowest BCUT2D eigenvalue weighted by Gasteiger charge is -2.41. The van der Waals surface area contributed by atoms with Gasteiger partial charge < -0.3 is 10.6 Å². The SMILES string of the molecule is Cc1cc(C)c(NC(=O)CNC2CCCCC2C(C)(C)C)c(Cl)c1. The van der Waals surface area contributed by atoms with Gasteiger partial charge in [-0.2, -0.15) is 0 Å². The van der Waals surface area contributed by atoms with E-state index in [1.165, 1.54) is 19.3 Å². The molecule has 1 aromatic rings. The molecule has 0 bridgehead atoms. The van der Waals surface area contributed by atoms with Crippen molar-refractivity contribution in [2.45, 2.75) is 66.3 Å². The van der Waals surface area contributed by atoms with E-state index in [0.29, 0.717) is 23.5 Å². The standard InChI is InChI=1S/C20H31ClN2O/c1-13-10-14(2)19(16(21)11-13)23-18(24)12-22-17-9-7-6-8-15(17)20(3,4)5/h10-11,15,17,22H,6-9,12H2,1-5H3,(H,23,24). The summed E-state index contributed by atoms with van der Waals surface area (Å²) in [4.78, 5) is 12.4. The van der Waals surface area contributed by atoms with Gasteiger partial charge in [-0.15, -0.1) is 0 Å². The van der Waals surface area contributed by atoms with Crippen molar-refractivity contribution in [3.05, 3.63) is 28.3 Å². The van der Waals surface area contributed by atoms with E-state index >= 15 is 0 Å². The summed E-state index contributed by atoms with van der Waals surface area (Å²) in [7, 11) is 0. The monoisotopic (exact) mass is 350 g/mol. The number of carbonyl (C=O) groups excluding carboxylic acids is 1. The van der Waals surface area contributed by atoms with Gasteiger partial charge in [0.25, 0.3) is 0 Å². The van der Waals surface area contributed by atoms with E-state index in [1.807, 2.05) is 26.0 Å². The first kappa shape index (κ1) is 19.3. The maximum Gasteiger partial charge on any atom is 0.238 e. The molecule has 1 fully saturated rings. The Bertz CT molecular complexity index is 569. The van der Waals surface area contributed by atoms with Gasteiger partial charge >= 0.3 is 0 Å². The molecule has 1 aliphatic carbocycles. The lowest BCUT2D eigenvalue weighted by Crippen LogP contribution is -2.46. The number of rotatable bonds is 4. The Hall–Kier alpha value is -1.06. The summed E-state index contributed by atoms with van der Waals surface area (Å²) in [5, 5.41) is 7.06. The molecule has 2 atom stereocenters. The van der Waals surface area contributed by atoms with Crippen LogP contribution in [0.1, 0.15) is 57.6 Å².